The fraction of sp³-hybridized carbons (Fsp3) is 0.0179. The summed E-state index contributed by atoms with van der Waals surface area (Å²) in [6.45, 7) is 0. The van der Waals surface area contributed by atoms with Gasteiger partial charge in [0.1, 0.15) is 0 Å². The van der Waals surface area contributed by atoms with Crippen molar-refractivity contribution in [2.24, 2.45) is 0 Å². The van der Waals surface area contributed by atoms with Gasteiger partial charge in [-0.2, -0.15) is 0 Å². The van der Waals surface area contributed by atoms with E-state index in [1.807, 2.05) is 18.2 Å². The number of aromatic nitrogens is 4. The average molecular weight is 763 g/mol. The zero-order valence-electron chi connectivity index (χ0n) is 32.4. The Labute approximate surface area is 346 Å². The largest absolute Gasteiger partial charge is 0.309 e. The smallest absolute Gasteiger partial charge is 0.164 e. The van der Waals surface area contributed by atoms with Crippen molar-refractivity contribution in [3.63, 3.8) is 0 Å². The Morgan fingerprint density at radius 1 is 0.333 bits per heavy atom. The molecular formula is C56H34N4. The summed E-state index contributed by atoms with van der Waals surface area (Å²) in [5, 5.41) is 4.81. The Morgan fingerprint density at radius 2 is 0.917 bits per heavy atom. The van der Waals surface area contributed by atoms with Gasteiger partial charge in [0.05, 0.1) is 22.1 Å². The highest BCUT2D eigenvalue weighted by Gasteiger charge is 2.50. The topological polar surface area (TPSA) is 43.6 Å². The number of fused-ring (bicyclic) bond motifs is 13. The van der Waals surface area contributed by atoms with Gasteiger partial charge in [0.25, 0.3) is 0 Å². The molecule has 0 saturated carbocycles. The standard InChI is InChI=1S/C56H34N4/c1-2-17-36(18-3-1)53-57-54(59-55(58-53)44-26-14-19-35-16-4-5-20-38(35)44)43-24-7-6-21-39(43)37-32-33-47-45(34-37)40-22-8-10-27-46(40)56(47)48-28-11-13-31-51(48)60-50-30-12-9-23-41(50)42-25-15-29-49(56)52(42)60/h1-34H. The molecule has 1 unspecified atom stereocenters. The molecule has 3 heterocycles. The van der Waals surface area contributed by atoms with Gasteiger partial charge in [-0.25, -0.2) is 15.0 Å². The summed E-state index contributed by atoms with van der Waals surface area (Å²) >= 11 is 0. The molecule has 9 aromatic carbocycles. The summed E-state index contributed by atoms with van der Waals surface area (Å²) in [5.41, 5.74) is 16.0. The molecule has 0 N–H and O–H groups in total. The third kappa shape index (κ3) is 4.47. The Bertz CT molecular complexity index is 3560. The average Bonchev–Trinajstić information content (AvgIpc) is 3.82. The number of para-hydroxylation sites is 3. The first kappa shape index (κ1) is 33.1. The summed E-state index contributed by atoms with van der Waals surface area (Å²) in [5.74, 6) is 1.93. The van der Waals surface area contributed by atoms with E-state index in [1.165, 1.54) is 60.9 Å². The summed E-state index contributed by atoms with van der Waals surface area (Å²) in [6.07, 6.45) is 0. The maximum Gasteiger partial charge on any atom is 0.164 e. The molecule has 1 atom stereocenters. The highest BCUT2D eigenvalue weighted by Crippen LogP contribution is 2.61. The predicted molar refractivity (Wildman–Crippen MR) is 244 cm³/mol. The first-order valence-electron chi connectivity index (χ1n) is 20.5. The van der Waals surface area contributed by atoms with E-state index in [2.05, 4.69) is 193 Å². The van der Waals surface area contributed by atoms with Crippen LogP contribution in [-0.4, -0.2) is 19.5 Å². The molecule has 1 aliphatic carbocycles. The maximum atomic E-state index is 5.27. The van der Waals surface area contributed by atoms with E-state index in [0.717, 1.165) is 38.6 Å². The van der Waals surface area contributed by atoms with Crippen LogP contribution in [-0.2, 0) is 5.41 Å². The SMILES string of the molecule is c1ccc(-c2nc(-c3ccccc3-c3ccc4c(c3)-c3ccccc3C43c4ccccc4-n4c5ccccc5c5cccc3c54)nc(-c3cccc4ccccc34)n2)cc1. The second-order valence-electron chi connectivity index (χ2n) is 15.9. The molecule has 1 spiro atoms. The quantitative estimate of drug-likeness (QED) is 0.179. The number of benzene rings is 9. The lowest BCUT2D eigenvalue weighted by Crippen LogP contribution is -2.33. The molecule has 0 bridgehead atoms. The summed E-state index contributed by atoms with van der Waals surface area (Å²) < 4.78 is 2.50. The molecule has 60 heavy (non-hydrogen) atoms. The van der Waals surface area contributed by atoms with Gasteiger partial charge in [-0.1, -0.05) is 188 Å². The lowest BCUT2D eigenvalue weighted by Gasteiger charge is -2.39. The monoisotopic (exact) mass is 762 g/mol. The van der Waals surface area contributed by atoms with Crippen molar-refractivity contribution < 1.29 is 0 Å². The van der Waals surface area contributed by atoms with Gasteiger partial charge in [-0.15, -0.1) is 0 Å². The number of hydrogen-bond donors (Lipinski definition) is 0. The van der Waals surface area contributed by atoms with E-state index < -0.39 is 5.41 Å². The molecule has 4 nitrogen and oxygen atoms in total. The van der Waals surface area contributed by atoms with Crippen molar-refractivity contribution in [1.82, 2.24) is 19.5 Å². The molecule has 11 aromatic rings. The van der Waals surface area contributed by atoms with E-state index in [9.17, 15) is 0 Å². The Kier molecular flexibility index (Phi) is 6.90. The van der Waals surface area contributed by atoms with Crippen LogP contribution in [0.1, 0.15) is 22.3 Å². The van der Waals surface area contributed by atoms with Crippen molar-refractivity contribution in [2.75, 3.05) is 0 Å². The zero-order valence-corrected chi connectivity index (χ0v) is 32.4. The van der Waals surface area contributed by atoms with Crippen LogP contribution in [0.3, 0.4) is 0 Å². The van der Waals surface area contributed by atoms with E-state index in [4.69, 9.17) is 15.0 Å². The first-order valence-corrected chi connectivity index (χ1v) is 20.5. The van der Waals surface area contributed by atoms with Gasteiger partial charge in [0.15, 0.2) is 17.5 Å². The molecule has 1 aliphatic heterocycles. The Morgan fingerprint density at radius 3 is 1.80 bits per heavy atom. The number of hydrogen-bond acceptors (Lipinski definition) is 3. The van der Waals surface area contributed by atoms with Crippen LogP contribution < -0.4 is 0 Å². The molecule has 4 heteroatoms. The van der Waals surface area contributed by atoms with Crippen LogP contribution >= 0.6 is 0 Å². The van der Waals surface area contributed by atoms with Crippen LogP contribution in [0.25, 0.3) is 94.7 Å². The van der Waals surface area contributed by atoms with Crippen LogP contribution in [0, 0.1) is 0 Å². The van der Waals surface area contributed by atoms with Crippen molar-refractivity contribution in [3.8, 4) is 62.1 Å². The molecule has 0 radical (unpaired) electrons. The van der Waals surface area contributed by atoms with E-state index in [1.54, 1.807) is 0 Å². The van der Waals surface area contributed by atoms with Gasteiger partial charge in [0, 0.05) is 27.5 Å². The Hall–Kier alpha value is -7.95. The normalized spacial score (nSPS) is 14.7. The van der Waals surface area contributed by atoms with E-state index >= 15 is 0 Å². The fourth-order valence-electron chi connectivity index (χ4n) is 10.4. The second-order valence-corrected chi connectivity index (χ2v) is 15.9. The molecule has 0 amide bonds. The van der Waals surface area contributed by atoms with Crippen molar-refractivity contribution in [3.05, 3.63) is 229 Å². The van der Waals surface area contributed by atoms with Gasteiger partial charge >= 0.3 is 0 Å². The first-order chi connectivity index (χ1) is 29.8. The Balaban J connectivity index is 1.04. The summed E-state index contributed by atoms with van der Waals surface area (Å²) in [6, 6.07) is 74.4. The van der Waals surface area contributed by atoms with Gasteiger partial charge in [-0.3, -0.25) is 0 Å². The van der Waals surface area contributed by atoms with Gasteiger partial charge < -0.3 is 4.57 Å². The van der Waals surface area contributed by atoms with Gasteiger partial charge in [0.2, 0.25) is 0 Å². The lowest BCUT2D eigenvalue weighted by atomic mass is 9.65. The molecule has 2 aliphatic rings. The molecule has 0 fully saturated rings. The minimum Gasteiger partial charge on any atom is -0.309 e. The molecule has 0 saturated heterocycles. The molecule has 2 aromatic heterocycles. The highest BCUT2D eigenvalue weighted by atomic mass is 15.0. The minimum atomic E-state index is -0.503. The third-order valence-electron chi connectivity index (χ3n) is 12.9. The van der Waals surface area contributed by atoms with Crippen LogP contribution in [0.15, 0.2) is 206 Å². The molecule has 13 rings (SSSR count). The summed E-state index contributed by atoms with van der Waals surface area (Å²) in [4.78, 5) is 15.6. The number of nitrogens with zero attached hydrogens (tertiary/aromatic N) is 4. The van der Waals surface area contributed by atoms with Crippen molar-refractivity contribution in [1.29, 1.82) is 0 Å². The van der Waals surface area contributed by atoms with E-state index in [-0.39, 0.29) is 0 Å². The molecule has 278 valence electrons. The van der Waals surface area contributed by atoms with Crippen LogP contribution in [0.2, 0.25) is 0 Å². The van der Waals surface area contributed by atoms with Crippen LogP contribution in [0.4, 0.5) is 0 Å². The van der Waals surface area contributed by atoms with Crippen LogP contribution in [0.5, 0.6) is 0 Å². The molecular weight excluding hydrogens is 729 g/mol. The lowest BCUT2D eigenvalue weighted by molar-refractivity contribution is 0.748. The summed E-state index contributed by atoms with van der Waals surface area (Å²) in [7, 11) is 0. The van der Waals surface area contributed by atoms with Crippen molar-refractivity contribution >= 4 is 32.6 Å². The van der Waals surface area contributed by atoms with E-state index in [0.29, 0.717) is 17.5 Å². The number of rotatable bonds is 4. The predicted octanol–water partition coefficient (Wildman–Crippen LogP) is 13.5. The minimum absolute atomic E-state index is 0.503. The second kappa shape index (κ2) is 12.5. The third-order valence-corrected chi connectivity index (χ3v) is 12.9. The van der Waals surface area contributed by atoms with Gasteiger partial charge in [-0.05, 0) is 73.5 Å². The highest BCUT2D eigenvalue weighted by molar-refractivity contribution is 6.13. The maximum absolute atomic E-state index is 5.27. The zero-order chi connectivity index (χ0) is 39.4. The fourth-order valence-corrected chi connectivity index (χ4v) is 10.4. The van der Waals surface area contributed by atoms with Crippen molar-refractivity contribution in [2.45, 2.75) is 5.41 Å².